The molecule has 2 aromatic rings. The van der Waals surface area contributed by atoms with E-state index in [1.807, 2.05) is 0 Å². The normalized spacial score (nSPS) is 18.5. The lowest BCUT2D eigenvalue weighted by Crippen LogP contribution is -2.33. The molecular formula is C25H33N3O. The summed E-state index contributed by atoms with van der Waals surface area (Å²) in [5, 5.41) is 6.52. The van der Waals surface area contributed by atoms with Gasteiger partial charge < -0.3 is 15.5 Å². The zero-order chi connectivity index (χ0) is 19.9. The number of carbonyl (C=O) groups excluding carboxylic acids is 1. The van der Waals surface area contributed by atoms with Gasteiger partial charge in [0.1, 0.15) is 0 Å². The van der Waals surface area contributed by atoms with Crippen LogP contribution in [0.1, 0.15) is 36.0 Å². The number of carbonyl (C=O) groups is 1. The van der Waals surface area contributed by atoms with Crippen molar-refractivity contribution in [3.63, 3.8) is 0 Å². The first-order chi connectivity index (χ1) is 14.3. The van der Waals surface area contributed by atoms with Crippen LogP contribution in [-0.2, 0) is 24.1 Å². The summed E-state index contributed by atoms with van der Waals surface area (Å²) >= 11 is 0. The Morgan fingerprint density at radius 3 is 2.76 bits per heavy atom. The summed E-state index contributed by atoms with van der Waals surface area (Å²) in [7, 11) is 0. The smallest absolute Gasteiger partial charge is 0.224 e. The first-order valence-electron chi connectivity index (χ1n) is 11.2. The van der Waals surface area contributed by atoms with E-state index in [0.29, 0.717) is 6.42 Å². The number of hydrogen-bond donors (Lipinski definition) is 2. The molecule has 0 bridgehead atoms. The van der Waals surface area contributed by atoms with Gasteiger partial charge in [-0.05, 0) is 73.9 Å². The van der Waals surface area contributed by atoms with Gasteiger partial charge in [-0.1, -0.05) is 42.5 Å². The molecule has 2 aliphatic heterocycles. The predicted octanol–water partition coefficient (Wildman–Crippen LogP) is 3.34. The molecule has 1 fully saturated rings. The number of rotatable bonds is 8. The van der Waals surface area contributed by atoms with Crippen molar-refractivity contribution < 1.29 is 4.79 Å². The second kappa shape index (κ2) is 9.93. The zero-order valence-electron chi connectivity index (χ0n) is 17.3. The van der Waals surface area contributed by atoms with E-state index in [1.165, 1.54) is 36.1 Å². The summed E-state index contributed by atoms with van der Waals surface area (Å²) in [6, 6.07) is 17.3. The molecule has 0 radical (unpaired) electrons. The molecule has 154 valence electrons. The maximum Gasteiger partial charge on any atom is 0.224 e. The molecular weight excluding hydrogens is 358 g/mol. The Hall–Kier alpha value is -2.33. The van der Waals surface area contributed by atoms with Crippen LogP contribution in [0.4, 0.5) is 5.69 Å². The van der Waals surface area contributed by atoms with E-state index in [-0.39, 0.29) is 5.91 Å². The number of amides is 1. The molecule has 1 saturated heterocycles. The highest BCUT2D eigenvalue weighted by atomic mass is 16.1. The molecule has 4 rings (SSSR count). The third-order valence-electron chi connectivity index (χ3n) is 6.21. The fourth-order valence-corrected chi connectivity index (χ4v) is 4.60. The van der Waals surface area contributed by atoms with Gasteiger partial charge in [0.25, 0.3) is 0 Å². The van der Waals surface area contributed by atoms with Crippen LogP contribution in [-0.4, -0.2) is 38.6 Å². The molecule has 1 amide bonds. The highest BCUT2D eigenvalue weighted by Gasteiger charge is 2.16. The van der Waals surface area contributed by atoms with Crippen LogP contribution in [0.3, 0.4) is 0 Å². The van der Waals surface area contributed by atoms with Crippen LogP contribution in [0.25, 0.3) is 0 Å². The summed E-state index contributed by atoms with van der Waals surface area (Å²) in [6.07, 6.45) is 6.26. The van der Waals surface area contributed by atoms with Crippen LogP contribution in [0.5, 0.6) is 0 Å². The first-order valence-corrected chi connectivity index (χ1v) is 11.2. The van der Waals surface area contributed by atoms with Gasteiger partial charge in [0.05, 0.1) is 6.42 Å². The Labute approximate surface area is 174 Å². The molecule has 1 unspecified atom stereocenters. The van der Waals surface area contributed by atoms with Gasteiger partial charge in [0.2, 0.25) is 5.91 Å². The average molecular weight is 392 g/mol. The van der Waals surface area contributed by atoms with Crippen LogP contribution in [0.15, 0.2) is 48.5 Å². The van der Waals surface area contributed by atoms with E-state index < -0.39 is 0 Å². The predicted molar refractivity (Wildman–Crippen MR) is 119 cm³/mol. The molecule has 2 N–H and O–H groups in total. The molecule has 0 saturated carbocycles. The fraction of sp³-hybridized carbons (Fsp3) is 0.480. The molecule has 4 nitrogen and oxygen atoms in total. The van der Waals surface area contributed by atoms with Gasteiger partial charge >= 0.3 is 0 Å². The van der Waals surface area contributed by atoms with Crippen molar-refractivity contribution in [1.82, 2.24) is 10.6 Å². The van der Waals surface area contributed by atoms with Crippen LogP contribution in [0, 0.1) is 5.92 Å². The van der Waals surface area contributed by atoms with Crippen molar-refractivity contribution in [3.8, 4) is 0 Å². The summed E-state index contributed by atoms with van der Waals surface area (Å²) in [4.78, 5) is 14.8. The number of fused-ring (bicyclic) bond motifs is 1. The van der Waals surface area contributed by atoms with E-state index >= 15 is 0 Å². The third-order valence-corrected chi connectivity index (χ3v) is 6.21. The van der Waals surface area contributed by atoms with Crippen molar-refractivity contribution in [1.29, 1.82) is 0 Å². The number of aryl methyl sites for hydroxylation is 1. The van der Waals surface area contributed by atoms with Crippen molar-refractivity contribution in [2.24, 2.45) is 5.92 Å². The molecule has 2 heterocycles. The lowest BCUT2D eigenvalue weighted by Gasteiger charge is -2.31. The second-order valence-electron chi connectivity index (χ2n) is 8.48. The van der Waals surface area contributed by atoms with Crippen LogP contribution < -0.4 is 15.5 Å². The standard InChI is InChI=1S/C25H33N3O/c29-25(18-21-10-8-20(9-11-21)17-22-12-14-26-19-22)27-13-4-16-28-15-3-6-23-5-1-2-7-24(23)28/h1-2,5,7-11,22,26H,3-4,6,12-19H2,(H,27,29). The minimum Gasteiger partial charge on any atom is -0.371 e. The van der Waals surface area contributed by atoms with Crippen LogP contribution in [0.2, 0.25) is 0 Å². The quantitative estimate of drug-likeness (QED) is 0.679. The zero-order valence-corrected chi connectivity index (χ0v) is 17.3. The van der Waals surface area contributed by atoms with Gasteiger partial charge in [-0.3, -0.25) is 4.79 Å². The average Bonchev–Trinajstić information content (AvgIpc) is 3.26. The number of nitrogens with one attached hydrogen (secondary N) is 2. The molecule has 0 aliphatic carbocycles. The van der Waals surface area contributed by atoms with E-state index in [4.69, 9.17) is 0 Å². The van der Waals surface area contributed by atoms with Gasteiger partial charge in [0.15, 0.2) is 0 Å². The summed E-state index contributed by atoms with van der Waals surface area (Å²) < 4.78 is 0. The van der Waals surface area contributed by atoms with Crippen molar-refractivity contribution in [3.05, 3.63) is 65.2 Å². The molecule has 0 aromatic heterocycles. The summed E-state index contributed by atoms with van der Waals surface area (Å²) in [5.41, 5.74) is 5.31. The Morgan fingerprint density at radius 1 is 1.10 bits per heavy atom. The molecule has 29 heavy (non-hydrogen) atoms. The number of benzene rings is 2. The minimum atomic E-state index is 0.122. The van der Waals surface area contributed by atoms with Crippen molar-refractivity contribution in [2.75, 3.05) is 37.6 Å². The van der Waals surface area contributed by atoms with E-state index in [2.05, 4.69) is 64.1 Å². The molecule has 0 spiro atoms. The Balaban J connectivity index is 1.17. The first kappa shape index (κ1) is 20.0. The van der Waals surface area contributed by atoms with E-state index in [9.17, 15) is 4.79 Å². The number of hydrogen-bond acceptors (Lipinski definition) is 3. The van der Waals surface area contributed by atoms with Crippen molar-refractivity contribution >= 4 is 11.6 Å². The second-order valence-corrected chi connectivity index (χ2v) is 8.48. The van der Waals surface area contributed by atoms with Gasteiger partial charge in [-0.15, -0.1) is 0 Å². The van der Waals surface area contributed by atoms with Crippen molar-refractivity contribution in [2.45, 2.75) is 38.5 Å². The topological polar surface area (TPSA) is 44.4 Å². The Kier molecular flexibility index (Phi) is 6.83. The molecule has 4 heteroatoms. The maximum atomic E-state index is 12.3. The van der Waals surface area contributed by atoms with Gasteiger partial charge in [-0.2, -0.15) is 0 Å². The number of para-hydroxylation sites is 1. The highest BCUT2D eigenvalue weighted by molar-refractivity contribution is 5.78. The minimum absolute atomic E-state index is 0.122. The van der Waals surface area contributed by atoms with E-state index in [1.54, 1.807) is 0 Å². The van der Waals surface area contributed by atoms with E-state index in [0.717, 1.165) is 57.0 Å². The lowest BCUT2D eigenvalue weighted by molar-refractivity contribution is -0.120. The Bertz CT molecular complexity index is 796. The summed E-state index contributed by atoms with van der Waals surface area (Å²) in [6.45, 7) is 5.14. The van der Waals surface area contributed by atoms with Gasteiger partial charge in [-0.25, -0.2) is 0 Å². The van der Waals surface area contributed by atoms with Crippen LogP contribution >= 0.6 is 0 Å². The Morgan fingerprint density at radius 2 is 1.93 bits per heavy atom. The highest BCUT2D eigenvalue weighted by Crippen LogP contribution is 2.26. The maximum absolute atomic E-state index is 12.3. The lowest BCUT2D eigenvalue weighted by atomic mass is 9.97. The fourth-order valence-electron chi connectivity index (χ4n) is 4.60. The SMILES string of the molecule is O=C(Cc1ccc(CC2CCNC2)cc1)NCCCN1CCCc2ccccc21. The number of anilines is 1. The summed E-state index contributed by atoms with van der Waals surface area (Å²) in [5.74, 6) is 0.882. The third kappa shape index (κ3) is 5.60. The monoisotopic (exact) mass is 391 g/mol. The molecule has 2 aromatic carbocycles. The molecule has 2 aliphatic rings. The largest absolute Gasteiger partial charge is 0.371 e. The number of nitrogens with zero attached hydrogens (tertiary/aromatic N) is 1. The van der Waals surface area contributed by atoms with Gasteiger partial charge in [0, 0.05) is 25.3 Å². The molecule has 1 atom stereocenters.